The number of hydrogen-bond acceptors (Lipinski definition) is 3. The first kappa shape index (κ1) is 12.8. The van der Waals surface area contributed by atoms with Crippen molar-refractivity contribution in [1.29, 1.82) is 0 Å². The zero-order chi connectivity index (χ0) is 13.1. The molecule has 2 rings (SSSR count). The Bertz CT molecular complexity index is 444. The van der Waals surface area contributed by atoms with E-state index >= 15 is 0 Å². The van der Waals surface area contributed by atoms with Crippen molar-refractivity contribution in [3.05, 3.63) is 29.6 Å². The van der Waals surface area contributed by atoms with Crippen molar-refractivity contribution in [1.82, 2.24) is 5.32 Å². The number of amides is 1. The number of carbonyl (C=O) groups is 1. The maximum absolute atomic E-state index is 13.4. The van der Waals surface area contributed by atoms with Crippen molar-refractivity contribution >= 4 is 5.91 Å². The van der Waals surface area contributed by atoms with Crippen LogP contribution in [0.2, 0.25) is 0 Å². The van der Waals surface area contributed by atoms with Gasteiger partial charge in [0.05, 0.1) is 11.7 Å². The number of phenolic OH excluding ortho intramolecular Hbond substituents is 1. The standard InChI is InChI=1S/C13H16FNO3/c1-2-18-10-5-8(6-10)15-13(17)11-4-3-9(16)7-12(11)14/h3-4,7-8,10,16H,2,5-6H2,1H3,(H,15,17). The summed E-state index contributed by atoms with van der Waals surface area (Å²) in [7, 11) is 0. The lowest BCUT2D eigenvalue weighted by Crippen LogP contribution is -2.48. The Morgan fingerprint density at radius 1 is 1.56 bits per heavy atom. The summed E-state index contributed by atoms with van der Waals surface area (Å²) < 4.78 is 18.8. The second-order valence-electron chi connectivity index (χ2n) is 4.38. The molecular weight excluding hydrogens is 237 g/mol. The Balaban J connectivity index is 1.89. The maximum atomic E-state index is 13.4. The van der Waals surface area contributed by atoms with E-state index < -0.39 is 11.7 Å². The third-order valence-corrected chi connectivity index (χ3v) is 3.03. The van der Waals surface area contributed by atoms with E-state index in [0.717, 1.165) is 18.9 Å². The number of carbonyl (C=O) groups excluding carboxylic acids is 1. The molecular formula is C13H16FNO3. The number of halogens is 1. The normalized spacial score (nSPS) is 22.3. The topological polar surface area (TPSA) is 58.6 Å². The Morgan fingerprint density at radius 2 is 2.28 bits per heavy atom. The van der Waals surface area contributed by atoms with E-state index in [1.54, 1.807) is 0 Å². The molecule has 5 heteroatoms. The van der Waals surface area contributed by atoms with Crippen LogP contribution in [0.4, 0.5) is 4.39 Å². The first-order chi connectivity index (χ1) is 8.60. The summed E-state index contributed by atoms with van der Waals surface area (Å²) in [5.74, 6) is -1.36. The molecule has 0 radical (unpaired) electrons. The third-order valence-electron chi connectivity index (χ3n) is 3.03. The Labute approximate surface area is 105 Å². The molecule has 98 valence electrons. The molecule has 1 aliphatic rings. The molecule has 4 nitrogen and oxygen atoms in total. The zero-order valence-electron chi connectivity index (χ0n) is 10.1. The van der Waals surface area contributed by atoms with Gasteiger partial charge in [0, 0.05) is 18.7 Å². The van der Waals surface area contributed by atoms with Crippen molar-refractivity contribution in [2.45, 2.75) is 31.9 Å². The van der Waals surface area contributed by atoms with Gasteiger partial charge in [-0.2, -0.15) is 0 Å². The van der Waals surface area contributed by atoms with Crippen molar-refractivity contribution in [2.24, 2.45) is 0 Å². The number of rotatable bonds is 4. The summed E-state index contributed by atoms with van der Waals surface area (Å²) in [6.45, 7) is 2.59. The third kappa shape index (κ3) is 2.79. The van der Waals surface area contributed by atoms with Gasteiger partial charge in [-0.3, -0.25) is 4.79 Å². The van der Waals surface area contributed by atoms with Crippen LogP contribution in [0, 0.1) is 5.82 Å². The minimum atomic E-state index is -0.715. The number of hydrogen-bond donors (Lipinski definition) is 2. The number of aromatic hydroxyl groups is 1. The highest BCUT2D eigenvalue weighted by atomic mass is 19.1. The Hall–Kier alpha value is -1.62. The highest BCUT2D eigenvalue weighted by Crippen LogP contribution is 2.24. The van der Waals surface area contributed by atoms with Crippen LogP contribution >= 0.6 is 0 Å². The SMILES string of the molecule is CCOC1CC(NC(=O)c2ccc(O)cc2F)C1. The first-order valence-electron chi connectivity index (χ1n) is 6.01. The van der Waals surface area contributed by atoms with Crippen LogP contribution in [-0.4, -0.2) is 29.8 Å². The molecule has 1 saturated carbocycles. The fraction of sp³-hybridized carbons (Fsp3) is 0.462. The van der Waals surface area contributed by atoms with Crippen LogP contribution in [0.15, 0.2) is 18.2 Å². The quantitative estimate of drug-likeness (QED) is 0.860. The molecule has 0 bridgehead atoms. The summed E-state index contributed by atoms with van der Waals surface area (Å²) >= 11 is 0. The average molecular weight is 253 g/mol. The Kier molecular flexibility index (Phi) is 3.81. The summed E-state index contributed by atoms with van der Waals surface area (Å²) in [5, 5.41) is 11.8. The second-order valence-corrected chi connectivity index (χ2v) is 4.38. The van der Waals surface area contributed by atoms with Crippen LogP contribution in [0.3, 0.4) is 0 Å². The molecule has 1 fully saturated rings. The molecule has 0 aromatic heterocycles. The molecule has 1 aromatic rings. The number of nitrogens with one attached hydrogen (secondary N) is 1. The lowest BCUT2D eigenvalue weighted by atomic mass is 9.89. The lowest BCUT2D eigenvalue weighted by molar-refractivity contribution is -0.00865. The molecule has 0 saturated heterocycles. The van der Waals surface area contributed by atoms with Crippen LogP contribution in [-0.2, 0) is 4.74 Å². The van der Waals surface area contributed by atoms with Crippen LogP contribution in [0.1, 0.15) is 30.1 Å². The van der Waals surface area contributed by atoms with Crippen LogP contribution in [0.25, 0.3) is 0 Å². The van der Waals surface area contributed by atoms with E-state index in [4.69, 9.17) is 9.84 Å². The molecule has 0 unspecified atom stereocenters. The molecule has 0 heterocycles. The lowest BCUT2D eigenvalue weighted by Gasteiger charge is -2.35. The number of benzene rings is 1. The number of ether oxygens (including phenoxy) is 1. The fourth-order valence-electron chi connectivity index (χ4n) is 2.01. The predicted octanol–water partition coefficient (Wildman–Crippen LogP) is 1.83. The van der Waals surface area contributed by atoms with Gasteiger partial charge >= 0.3 is 0 Å². The minimum absolute atomic E-state index is 0.0438. The van der Waals surface area contributed by atoms with Crippen molar-refractivity contribution in [2.75, 3.05) is 6.61 Å². The summed E-state index contributed by atoms with van der Waals surface area (Å²) in [6.07, 6.45) is 1.73. The Morgan fingerprint density at radius 3 is 2.89 bits per heavy atom. The van der Waals surface area contributed by atoms with Gasteiger partial charge in [-0.25, -0.2) is 4.39 Å². The largest absolute Gasteiger partial charge is 0.508 e. The van der Waals surface area contributed by atoms with Crippen molar-refractivity contribution < 1.29 is 19.0 Å². The maximum Gasteiger partial charge on any atom is 0.254 e. The first-order valence-corrected chi connectivity index (χ1v) is 6.01. The predicted molar refractivity (Wildman–Crippen MR) is 64.0 cm³/mol. The van der Waals surface area contributed by atoms with E-state index in [-0.39, 0.29) is 23.5 Å². The molecule has 1 aliphatic carbocycles. The van der Waals surface area contributed by atoms with Gasteiger partial charge in [-0.05, 0) is 31.9 Å². The van der Waals surface area contributed by atoms with Gasteiger partial charge in [0.15, 0.2) is 0 Å². The van der Waals surface area contributed by atoms with Gasteiger partial charge < -0.3 is 15.2 Å². The molecule has 0 atom stereocenters. The smallest absolute Gasteiger partial charge is 0.254 e. The summed E-state index contributed by atoms with van der Waals surface area (Å²) in [5.41, 5.74) is -0.0485. The second kappa shape index (κ2) is 5.35. The summed E-state index contributed by atoms with van der Waals surface area (Å²) in [4.78, 5) is 11.8. The van der Waals surface area contributed by atoms with Crippen molar-refractivity contribution in [3.63, 3.8) is 0 Å². The van der Waals surface area contributed by atoms with E-state index in [1.165, 1.54) is 12.1 Å². The molecule has 2 N–H and O–H groups in total. The van der Waals surface area contributed by atoms with E-state index in [9.17, 15) is 9.18 Å². The molecule has 1 amide bonds. The highest BCUT2D eigenvalue weighted by molar-refractivity contribution is 5.94. The number of phenols is 1. The van der Waals surface area contributed by atoms with Gasteiger partial charge in [0.25, 0.3) is 5.91 Å². The average Bonchev–Trinajstić information content (AvgIpc) is 2.26. The van der Waals surface area contributed by atoms with Crippen LogP contribution < -0.4 is 5.32 Å². The molecule has 18 heavy (non-hydrogen) atoms. The van der Waals surface area contributed by atoms with E-state index in [2.05, 4.69) is 5.32 Å². The monoisotopic (exact) mass is 253 g/mol. The fourth-order valence-corrected chi connectivity index (χ4v) is 2.01. The molecule has 1 aromatic carbocycles. The van der Waals surface area contributed by atoms with Gasteiger partial charge in [0.1, 0.15) is 11.6 Å². The van der Waals surface area contributed by atoms with Gasteiger partial charge in [0.2, 0.25) is 0 Å². The summed E-state index contributed by atoms with van der Waals surface area (Å²) in [6, 6.07) is 3.54. The van der Waals surface area contributed by atoms with E-state index in [1.807, 2.05) is 6.92 Å². The van der Waals surface area contributed by atoms with Gasteiger partial charge in [-0.15, -0.1) is 0 Å². The molecule has 0 spiro atoms. The zero-order valence-corrected chi connectivity index (χ0v) is 10.1. The molecule has 0 aliphatic heterocycles. The van der Waals surface area contributed by atoms with Gasteiger partial charge in [-0.1, -0.05) is 0 Å². The van der Waals surface area contributed by atoms with Crippen molar-refractivity contribution in [3.8, 4) is 5.75 Å². The highest BCUT2D eigenvalue weighted by Gasteiger charge is 2.31. The van der Waals surface area contributed by atoms with Crippen LogP contribution in [0.5, 0.6) is 5.75 Å². The minimum Gasteiger partial charge on any atom is -0.508 e. The van der Waals surface area contributed by atoms with E-state index in [0.29, 0.717) is 6.61 Å².